The summed E-state index contributed by atoms with van der Waals surface area (Å²) in [4.78, 5) is 0. The first-order valence-corrected chi connectivity index (χ1v) is 25.7. The average Bonchev–Trinajstić information content (AvgIpc) is 3.35. The zero-order chi connectivity index (χ0) is 44.7. The lowest BCUT2D eigenvalue weighted by atomic mass is 10.3. The van der Waals surface area contributed by atoms with Gasteiger partial charge in [0.1, 0.15) is 46.0 Å². The number of ether oxygens (including phenoxy) is 4. The molecule has 8 rings (SSSR count). The molecule has 0 fully saturated rings. The second kappa shape index (κ2) is 25.6. The van der Waals surface area contributed by atoms with E-state index in [0.717, 1.165) is 57.6 Å². The van der Waals surface area contributed by atoms with Crippen LogP contribution in [-0.2, 0) is 8.85 Å². The Morgan fingerprint density at radius 1 is 0.381 bits per heavy atom. The van der Waals surface area contributed by atoms with E-state index in [9.17, 15) is 0 Å². The van der Waals surface area contributed by atoms with Crippen LogP contribution in [0.3, 0.4) is 0 Å². The first kappa shape index (κ1) is 47.8. The van der Waals surface area contributed by atoms with Gasteiger partial charge in [-0.05, 0) is 138 Å². The molecule has 0 bridgehead atoms. The minimum atomic E-state index is -2.32. The number of halogens is 1. The predicted octanol–water partition coefficient (Wildman–Crippen LogP) is 12.1. The van der Waals surface area contributed by atoms with Crippen LogP contribution < -0.4 is 34.5 Å². The molecule has 0 aliphatic carbocycles. The zero-order valence-corrected chi connectivity index (χ0v) is 39.9. The number of hydrogen-bond acceptors (Lipinski definition) is 7. The number of aliphatic hydroxyl groups is 1. The topological polar surface area (TPSA) is 75.6 Å². The van der Waals surface area contributed by atoms with Gasteiger partial charge in [0.05, 0.1) is 0 Å². The van der Waals surface area contributed by atoms with Crippen LogP contribution in [0.2, 0.25) is 13.1 Å². The molecule has 0 saturated carbocycles. The normalized spacial score (nSPS) is 10.8. The quantitative estimate of drug-likeness (QED) is 0.115. The van der Waals surface area contributed by atoms with Crippen molar-refractivity contribution < 1.29 is 32.9 Å². The fraction of sp³-hybridized carbons (Fsp3) is 0.0943. The molecule has 0 amide bonds. The molecule has 322 valence electrons. The molecule has 0 radical (unpaired) electrons. The highest BCUT2D eigenvalue weighted by atomic mass is 79.9. The minimum absolute atomic E-state index is 0.809. The number of para-hydroxylation sites is 4. The van der Waals surface area contributed by atoms with E-state index in [0.29, 0.717) is 0 Å². The fourth-order valence-corrected chi connectivity index (χ4v) is 9.71. The van der Waals surface area contributed by atoms with E-state index in [2.05, 4.69) is 65.4 Å². The van der Waals surface area contributed by atoms with Crippen LogP contribution in [0.5, 0.6) is 46.0 Å². The second-order valence-corrected chi connectivity index (χ2v) is 20.8. The molecule has 1 unspecified atom stereocenters. The lowest BCUT2D eigenvalue weighted by molar-refractivity contribution is 0.399. The Bertz CT molecular complexity index is 2360. The molecule has 8 aromatic carbocycles. The standard InChI is InChI=1S/C26H24O3Si.C14H16O2Si.C12H9BrO.CH4O/c1-27-30(2,25-17-13-23(14-18-25)28-21-9-5-3-6-10-21)26-19-15-24(16-20-26)29-22-11-7-4-8-12-22;1-15-17(2)14-10-8-13(9-11-14)16-12-6-4-3-5-7-12;13-10-6-8-12(9-7-10)14-11-4-2-1-3-5-11;1-2/h3-20H,1-2H3;3-11,17H,1-2H3;1-9H;2H,1H3. The van der Waals surface area contributed by atoms with E-state index in [1.807, 2.05) is 182 Å². The van der Waals surface area contributed by atoms with Gasteiger partial charge in [-0.3, -0.25) is 0 Å². The predicted molar refractivity (Wildman–Crippen MR) is 265 cm³/mol. The van der Waals surface area contributed by atoms with Crippen LogP contribution in [0.1, 0.15) is 0 Å². The molecular formula is C53H53BrO7Si2. The molecule has 7 nitrogen and oxygen atoms in total. The van der Waals surface area contributed by atoms with Crippen molar-refractivity contribution in [1.29, 1.82) is 0 Å². The Morgan fingerprint density at radius 2 is 0.635 bits per heavy atom. The van der Waals surface area contributed by atoms with E-state index < -0.39 is 17.4 Å². The highest BCUT2D eigenvalue weighted by Crippen LogP contribution is 2.25. The van der Waals surface area contributed by atoms with Gasteiger partial charge in [-0.1, -0.05) is 125 Å². The number of hydrogen-bond donors (Lipinski definition) is 1. The van der Waals surface area contributed by atoms with Crippen molar-refractivity contribution >= 4 is 48.8 Å². The van der Waals surface area contributed by atoms with Crippen LogP contribution >= 0.6 is 15.9 Å². The second-order valence-electron chi connectivity index (χ2n) is 13.8. The molecule has 1 atom stereocenters. The SMILES string of the molecule is Brc1ccc(Oc2ccccc2)cc1.CO.CO[SiH](C)c1ccc(Oc2ccccc2)cc1.CO[Si](C)(c1ccc(Oc2ccccc2)cc1)c1ccc(Oc2ccccc2)cc1. The lowest BCUT2D eigenvalue weighted by Crippen LogP contribution is -2.57. The molecule has 0 heterocycles. The summed E-state index contributed by atoms with van der Waals surface area (Å²) in [6, 6.07) is 71.4. The summed E-state index contributed by atoms with van der Waals surface area (Å²) in [5.41, 5.74) is 0. The Kier molecular flexibility index (Phi) is 19.4. The van der Waals surface area contributed by atoms with Gasteiger partial charge in [0.15, 0.2) is 0 Å². The maximum atomic E-state index is 7.00. The van der Waals surface area contributed by atoms with Crippen molar-refractivity contribution in [1.82, 2.24) is 0 Å². The molecule has 0 aromatic heterocycles. The Morgan fingerprint density at radius 3 is 0.905 bits per heavy atom. The first-order chi connectivity index (χ1) is 30.8. The number of benzene rings is 8. The van der Waals surface area contributed by atoms with Gasteiger partial charge >= 0.3 is 0 Å². The average molecular weight is 938 g/mol. The van der Waals surface area contributed by atoms with Crippen molar-refractivity contribution in [2.45, 2.75) is 13.1 Å². The van der Waals surface area contributed by atoms with Crippen LogP contribution in [-0.4, -0.2) is 43.8 Å². The molecule has 8 aromatic rings. The summed E-state index contributed by atoms with van der Waals surface area (Å²) in [7, 11) is 1.04. The van der Waals surface area contributed by atoms with Crippen LogP contribution in [0.4, 0.5) is 0 Å². The summed E-state index contributed by atoms with van der Waals surface area (Å²) in [5.74, 6) is 6.69. The maximum Gasteiger partial charge on any atom is 0.252 e. The summed E-state index contributed by atoms with van der Waals surface area (Å²) < 4.78 is 35.7. The maximum absolute atomic E-state index is 7.00. The lowest BCUT2D eigenvalue weighted by Gasteiger charge is -2.26. The van der Waals surface area contributed by atoms with Crippen molar-refractivity contribution in [3.63, 3.8) is 0 Å². The molecule has 0 spiro atoms. The molecule has 10 heteroatoms. The van der Waals surface area contributed by atoms with Gasteiger partial charge in [0.2, 0.25) is 9.04 Å². The van der Waals surface area contributed by atoms with E-state index in [4.69, 9.17) is 32.9 Å². The van der Waals surface area contributed by atoms with E-state index in [-0.39, 0.29) is 0 Å². The van der Waals surface area contributed by atoms with Crippen molar-refractivity contribution in [2.75, 3.05) is 21.3 Å². The Labute approximate surface area is 383 Å². The molecule has 0 aliphatic rings. The van der Waals surface area contributed by atoms with Gasteiger partial charge in [-0.15, -0.1) is 0 Å². The fourth-order valence-electron chi connectivity index (χ4n) is 6.03. The van der Waals surface area contributed by atoms with Gasteiger partial charge in [-0.2, -0.15) is 0 Å². The highest BCUT2D eigenvalue weighted by molar-refractivity contribution is 9.10. The van der Waals surface area contributed by atoms with E-state index >= 15 is 0 Å². The number of rotatable bonds is 13. The third-order valence-electron chi connectivity index (χ3n) is 9.65. The Hall–Kier alpha value is -6.25. The van der Waals surface area contributed by atoms with Gasteiger partial charge < -0.3 is 32.9 Å². The molecular weight excluding hydrogens is 885 g/mol. The van der Waals surface area contributed by atoms with Gasteiger partial charge in [0, 0.05) is 25.8 Å². The van der Waals surface area contributed by atoms with Crippen LogP contribution in [0.15, 0.2) is 223 Å². The third-order valence-corrected chi connectivity index (χ3v) is 15.9. The first-order valence-electron chi connectivity index (χ1n) is 20.3. The summed E-state index contributed by atoms with van der Waals surface area (Å²) in [5, 5.41) is 10.7. The van der Waals surface area contributed by atoms with Crippen molar-refractivity contribution in [2.24, 2.45) is 0 Å². The molecule has 63 heavy (non-hydrogen) atoms. The monoisotopic (exact) mass is 936 g/mol. The molecule has 0 aliphatic heterocycles. The largest absolute Gasteiger partial charge is 0.457 e. The smallest absolute Gasteiger partial charge is 0.252 e. The summed E-state index contributed by atoms with van der Waals surface area (Å²) in [6.07, 6.45) is 0. The van der Waals surface area contributed by atoms with E-state index in [1.54, 1.807) is 14.2 Å². The van der Waals surface area contributed by atoms with Crippen molar-refractivity contribution in [3.05, 3.63) is 223 Å². The summed E-state index contributed by atoms with van der Waals surface area (Å²) in [6.45, 7) is 4.36. The summed E-state index contributed by atoms with van der Waals surface area (Å²) >= 11 is 3.38. The van der Waals surface area contributed by atoms with Crippen molar-refractivity contribution in [3.8, 4) is 46.0 Å². The third kappa shape index (κ3) is 15.3. The molecule has 0 saturated heterocycles. The Balaban J connectivity index is 0.000000191. The zero-order valence-electron chi connectivity index (χ0n) is 36.1. The van der Waals surface area contributed by atoms with Gasteiger partial charge in [0.25, 0.3) is 8.32 Å². The number of aliphatic hydroxyl groups excluding tert-OH is 1. The molecule has 1 N–H and O–H groups in total. The van der Waals surface area contributed by atoms with Crippen LogP contribution in [0.25, 0.3) is 0 Å². The minimum Gasteiger partial charge on any atom is -0.457 e. The van der Waals surface area contributed by atoms with E-state index in [1.165, 1.54) is 15.6 Å². The van der Waals surface area contributed by atoms with Crippen LogP contribution in [0, 0.1) is 0 Å². The van der Waals surface area contributed by atoms with Gasteiger partial charge in [-0.25, -0.2) is 0 Å². The highest BCUT2D eigenvalue weighted by Gasteiger charge is 2.33.